The van der Waals surface area contributed by atoms with Gasteiger partial charge >= 0.3 is 15.2 Å². The second kappa shape index (κ2) is 13.7. The molecule has 0 amide bonds. The second-order valence-electron chi connectivity index (χ2n) is 6.69. The summed E-state index contributed by atoms with van der Waals surface area (Å²) in [5.74, 6) is 0. The highest BCUT2D eigenvalue weighted by molar-refractivity contribution is 7.72. The first-order chi connectivity index (χ1) is 13.9. The fourth-order valence-corrected chi connectivity index (χ4v) is 8.74. The number of benzene rings is 1. The maximum Gasteiger partial charge on any atom is 0.345 e. The lowest BCUT2D eigenvalue weighted by molar-refractivity contribution is 0.193. The van der Waals surface area contributed by atoms with E-state index in [9.17, 15) is 9.13 Å². The van der Waals surface area contributed by atoms with Gasteiger partial charge in [-0.15, -0.1) is 0 Å². The van der Waals surface area contributed by atoms with E-state index in [4.69, 9.17) is 18.1 Å². The zero-order valence-electron chi connectivity index (χ0n) is 18.6. The maximum atomic E-state index is 13.5. The van der Waals surface area contributed by atoms with Gasteiger partial charge in [0.15, 0.2) is 5.40 Å². The van der Waals surface area contributed by atoms with Gasteiger partial charge in [0.2, 0.25) is 0 Å². The van der Waals surface area contributed by atoms with Crippen molar-refractivity contribution in [3.05, 3.63) is 35.4 Å². The highest BCUT2D eigenvalue weighted by atomic mass is 31.2. The molecular formula is C21H38O6P2. The Hall–Kier alpha value is -0.480. The molecule has 0 aromatic heterocycles. The summed E-state index contributed by atoms with van der Waals surface area (Å²) in [6.07, 6.45) is 4.01. The van der Waals surface area contributed by atoms with E-state index in [0.29, 0.717) is 12.8 Å². The van der Waals surface area contributed by atoms with Crippen LogP contribution in [0.15, 0.2) is 24.3 Å². The van der Waals surface area contributed by atoms with E-state index in [-0.39, 0.29) is 26.4 Å². The molecule has 0 bridgehead atoms. The first kappa shape index (κ1) is 26.6. The molecule has 8 heteroatoms. The first-order valence-corrected chi connectivity index (χ1v) is 14.0. The van der Waals surface area contributed by atoms with E-state index in [2.05, 4.69) is 31.2 Å². The van der Waals surface area contributed by atoms with Crippen LogP contribution in [0.25, 0.3) is 0 Å². The van der Waals surface area contributed by atoms with Crippen molar-refractivity contribution >= 4 is 15.2 Å². The molecule has 0 spiro atoms. The molecule has 0 aliphatic heterocycles. The summed E-state index contributed by atoms with van der Waals surface area (Å²) in [5, 5.41) is -0.936. The fraction of sp³-hybridized carbons (Fsp3) is 0.714. The molecule has 0 unspecified atom stereocenters. The Labute approximate surface area is 176 Å². The number of hydrogen-bond donors (Lipinski definition) is 0. The third-order valence-corrected chi connectivity index (χ3v) is 10.6. The van der Waals surface area contributed by atoms with Crippen LogP contribution < -0.4 is 0 Å². The Morgan fingerprint density at radius 1 is 0.690 bits per heavy atom. The van der Waals surface area contributed by atoms with Crippen molar-refractivity contribution in [3.63, 3.8) is 0 Å². The van der Waals surface area contributed by atoms with E-state index in [1.165, 1.54) is 11.1 Å². The van der Waals surface area contributed by atoms with E-state index >= 15 is 0 Å². The molecule has 168 valence electrons. The standard InChI is InChI=1S/C21H38O6P2/c1-6-12-19-15-17-20(18-16-19)13-11-14-21(28(22,24-7-2)25-8-3)29(23,26-9-4)27-10-5/h15-18,21H,6-14H2,1-5H3. The quantitative estimate of drug-likeness (QED) is 0.258. The molecule has 1 rings (SSSR count). The molecule has 29 heavy (non-hydrogen) atoms. The molecule has 0 saturated carbocycles. The molecule has 0 saturated heterocycles. The largest absolute Gasteiger partial charge is 0.345 e. The number of aryl methyl sites for hydroxylation is 2. The van der Waals surface area contributed by atoms with Crippen LogP contribution in [0.1, 0.15) is 65.0 Å². The van der Waals surface area contributed by atoms with Crippen LogP contribution in [0, 0.1) is 0 Å². The summed E-state index contributed by atoms with van der Waals surface area (Å²) < 4.78 is 49.1. The van der Waals surface area contributed by atoms with E-state index < -0.39 is 20.6 Å². The van der Waals surface area contributed by atoms with Crippen LogP contribution in [0.5, 0.6) is 0 Å². The molecule has 1 aromatic rings. The highest BCUT2D eigenvalue weighted by Crippen LogP contribution is 2.71. The average Bonchev–Trinajstić information content (AvgIpc) is 2.67. The average molecular weight is 448 g/mol. The van der Waals surface area contributed by atoms with Crippen molar-refractivity contribution in [1.82, 2.24) is 0 Å². The van der Waals surface area contributed by atoms with Crippen molar-refractivity contribution < 1.29 is 27.2 Å². The van der Waals surface area contributed by atoms with Crippen LogP contribution in [0.4, 0.5) is 0 Å². The SMILES string of the molecule is CCCc1ccc(CCCC(P(=O)(OCC)OCC)P(=O)(OCC)OCC)cc1. The lowest BCUT2D eigenvalue weighted by Crippen LogP contribution is -2.18. The monoisotopic (exact) mass is 448 g/mol. The molecule has 0 N–H and O–H groups in total. The third kappa shape index (κ3) is 8.28. The van der Waals surface area contributed by atoms with Gasteiger partial charge in [-0.1, -0.05) is 37.6 Å². The van der Waals surface area contributed by atoms with Gasteiger partial charge in [-0.25, -0.2) is 0 Å². The minimum Gasteiger partial charge on any atom is -0.308 e. The Kier molecular flexibility index (Phi) is 12.6. The fourth-order valence-electron chi connectivity index (χ4n) is 3.28. The van der Waals surface area contributed by atoms with Gasteiger partial charge in [0.05, 0.1) is 26.4 Å². The zero-order valence-corrected chi connectivity index (χ0v) is 20.4. The Bertz CT molecular complexity index is 612. The van der Waals surface area contributed by atoms with Crippen molar-refractivity contribution in [2.75, 3.05) is 26.4 Å². The van der Waals surface area contributed by atoms with Crippen molar-refractivity contribution in [1.29, 1.82) is 0 Å². The van der Waals surface area contributed by atoms with Gasteiger partial charge in [-0.3, -0.25) is 9.13 Å². The van der Waals surface area contributed by atoms with Crippen LogP contribution in [0.3, 0.4) is 0 Å². The van der Waals surface area contributed by atoms with E-state index in [0.717, 1.165) is 19.3 Å². The number of hydrogen-bond acceptors (Lipinski definition) is 6. The van der Waals surface area contributed by atoms with Gasteiger partial charge in [-0.05, 0) is 64.5 Å². The predicted molar refractivity (Wildman–Crippen MR) is 119 cm³/mol. The summed E-state index contributed by atoms with van der Waals surface area (Å²) in [7, 11) is -7.32. The van der Waals surface area contributed by atoms with E-state index in [1.807, 2.05) is 0 Å². The van der Waals surface area contributed by atoms with Crippen molar-refractivity contribution in [2.24, 2.45) is 0 Å². The van der Waals surface area contributed by atoms with Crippen LogP contribution in [-0.2, 0) is 40.1 Å². The van der Waals surface area contributed by atoms with Crippen molar-refractivity contribution in [2.45, 2.75) is 72.1 Å². The third-order valence-electron chi connectivity index (χ3n) is 4.46. The molecule has 6 nitrogen and oxygen atoms in total. The lowest BCUT2D eigenvalue weighted by Gasteiger charge is -2.31. The second-order valence-corrected chi connectivity index (χ2v) is 11.5. The van der Waals surface area contributed by atoms with E-state index in [1.54, 1.807) is 27.7 Å². The highest BCUT2D eigenvalue weighted by Gasteiger charge is 2.50. The molecule has 0 fully saturated rings. The Balaban J connectivity index is 3.01. The minimum atomic E-state index is -3.66. The smallest absolute Gasteiger partial charge is 0.308 e. The molecule has 0 atom stereocenters. The topological polar surface area (TPSA) is 71.1 Å². The summed E-state index contributed by atoms with van der Waals surface area (Å²) >= 11 is 0. The minimum absolute atomic E-state index is 0.199. The molecular weight excluding hydrogens is 410 g/mol. The Morgan fingerprint density at radius 2 is 1.07 bits per heavy atom. The molecule has 0 aliphatic carbocycles. The predicted octanol–water partition coefficient (Wildman–Crippen LogP) is 6.82. The van der Waals surface area contributed by atoms with Crippen LogP contribution in [0.2, 0.25) is 0 Å². The van der Waals surface area contributed by atoms with Gasteiger partial charge in [0.1, 0.15) is 0 Å². The first-order valence-electron chi connectivity index (χ1n) is 10.7. The van der Waals surface area contributed by atoms with Crippen LogP contribution >= 0.6 is 15.2 Å². The zero-order chi connectivity index (χ0) is 21.8. The normalized spacial score (nSPS) is 12.6. The molecule has 0 radical (unpaired) electrons. The molecule has 1 aromatic carbocycles. The summed E-state index contributed by atoms with van der Waals surface area (Å²) in [4.78, 5) is 0. The van der Waals surface area contributed by atoms with Gasteiger partial charge in [0.25, 0.3) is 0 Å². The number of rotatable bonds is 16. The van der Waals surface area contributed by atoms with Gasteiger partial charge < -0.3 is 18.1 Å². The van der Waals surface area contributed by atoms with Gasteiger partial charge in [0, 0.05) is 0 Å². The Morgan fingerprint density at radius 3 is 1.41 bits per heavy atom. The summed E-state index contributed by atoms with van der Waals surface area (Å²) in [6, 6.07) is 8.53. The molecule has 0 aliphatic rings. The summed E-state index contributed by atoms with van der Waals surface area (Å²) in [5.41, 5.74) is 2.51. The molecule has 0 heterocycles. The summed E-state index contributed by atoms with van der Waals surface area (Å²) in [6.45, 7) is 9.93. The lowest BCUT2D eigenvalue weighted by atomic mass is 10.0. The van der Waals surface area contributed by atoms with Crippen LogP contribution in [-0.4, -0.2) is 31.8 Å². The van der Waals surface area contributed by atoms with Crippen molar-refractivity contribution in [3.8, 4) is 0 Å². The van der Waals surface area contributed by atoms with Gasteiger partial charge in [-0.2, -0.15) is 0 Å². The maximum absolute atomic E-state index is 13.5.